The Morgan fingerprint density at radius 3 is 3.05 bits per heavy atom. The van der Waals surface area contributed by atoms with E-state index in [0.717, 1.165) is 29.9 Å². The second kappa shape index (κ2) is 5.14. The van der Waals surface area contributed by atoms with Gasteiger partial charge in [-0.25, -0.2) is 4.79 Å². The monoisotopic (exact) mass is 306 g/mol. The van der Waals surface area contributed by atoms with Crippen molar-refractivity contribution in [3.8, 4) is 0 Å². The van der Waals surface area contributed by atoms with E-state index < -0.39 is 0 Å². The third-order valence-electron chi connectivity index (χ3n) is 3.62. The van der Waals surface area contributed by atoms with Crippen LogP contribution < -0.4 is 10.6 Å². The van der Waals surface area contributed by atoms with Gasteiger partial charge < -0.3 is 9.73 Å². The van der Waals surface area contributed by atoms with Crippen LogP contribution in [-0.2, 0) is 6.42 Å². The van der Waals surface area contributed by atoms with Gasteiger partial charge in [0.05, 0.1) is 6.04 Å². The maximum atomic E-state index is 12.1. The Labute approximate surface area is 127 Å². The normalized spacial score (nSPS) is 19.9. The molecule has 0 saturated heterocycles. The van der Waals surface area contributed by atoms with Crippen LogP contribution >= 0.6 is 11.3 Å². The van der Waals surface area contributed by atoms with Crippen molar-refractivity contribution in [2.24, 2.45) is 5.41 Å². The van der Waals surface area contributed by atoms with Crippen LogP contribution in [0.25, 0.3) is 0 Å². The molecule has 0 bridgehead atoms. The second-order valence-corrected chi connectivity index (χ2v) is 7.01. The molecule has 0 fully saturated rings. The Morgan fingerprint density at radius 2 is 2.33 bits per heavy atom. The fourth-order valence-electron chi connectivity index (χ4n) is 2.83. The summed E-state index contributed by atoms with van der Waals surface area (Å²) < 4.78 is 5.77. The molecule has 2 aromatic rings. The van der Waals surface area contributed by atoms with Gasteiger partial charge in [0.15, 0.2) is 0 Å². The zero-order chi connectivity index (χ0) is 15.0. The average Bonchev–Trinajstić information content (AvgIpc) is 2.96. The zero-order valence-corrected chi connectivity index (χ0v) is 13.1. The number of furan rings is 1. The number of anilines is 1. The van der Waals surface area contributed by atoms with Gasteiger partial charge in [0.1, 0.15) is 17.0 Å². The average molecular weight is 306 g/mol. The molecule has 112 valence electrons. The molecular weight excluding hydrogens is 288 g/mol. The number of fused-ring (bicyclic) bond motifs is 1. The largest absolute Gasteiger partial charge is 0.466 e. The van der Waals surface area contributed by atoms with Crippen molar-refractivity contribution in [3.05, 3.63) is 28.7 Å². The fraction of sp³-hybridized carbons (Fsp3) is 0.500. The van der Waals surface area contributed by atoms with Gasteiger partial charge in [0, 0.05) is 12.0 Å². The number of rotatable bonds is 2. The highest BCUT2D eigenvalue weighted by Crippen LogP contribution is 2.41. The summed E-state index contributed by atoms with van der Waals surface area (Å²) in [6.45, 7) is 6.31. The van der Waals surface area contributed by atoms with Crippen molar-refractivity contribution >= 4 is 22.5 Å². The Morgan fingerprint density at radius 1 is 1.52 bits per heavy atom. The summed E-state index contributed by atoms with van der Waals surface area (Å²) in [5.74, 6) is 1.86. The first kappa shape index (κ1) is 14.1. The summed E-state index contributed by atoms with van der Waals surface area (Å²) in [5, 5.41) is 13.7. The molecule has 6 nitrogen and oxygen atoms in total. The van der Waals surface area contributed by atoms with Crippen LogP contribution in [0.1, 0.15) is 43.4 Å². The highest BCUT2D eigenvalue weighted by Gasteiger charge is 2.35. The molecule has 1 aliphatic carbocycles. The summed E-state index contributed by atoms with van der Waals surface area (Å²) >= 11 is 1.29. The lowest BCUT2D eigenvalue weighted by Gasteiger charge is -2.34. The smallest absolute Gasteiger partial charge is 0.321 e. The van der Waals surface area contributed by atoms with Crippen LogP contribution in [0.3, 0.4) is 0 Å². The van der Waals surface area contributed by atoms with Gasteiger partial charge in [0.2, 0.25) is 5.13 Å². The first-order valence-corrected chi connectivity index (χ1v) is 7.74. The molecular formula is C14H18N4O2S. The zero-order valence-electron chi connectivity index (χ0n) is 12.3. The molecule has 0 saturated carbocycles. The third-order valence-corrected chi connectivity index (χ3v) is 4.23. The molecule has 0 unspecified atom stereocenters. The number of nitrogens with zero attached hydrogens (tertiary/aromatic N) is 2. The maximum Gasteiger partial charge on any atom is 0.321 e. The summed E-state index contributed by atoms with van der Waals surface area (Å²) in [6.07, 6.45) is 1.77. The van der Waals surface area contributed by atoms with Crippen LogP contribution in [0.5, 0.6) is 0 Å². The number of hydrogen-bond acceptors (Lipinski definition) is 5. The van der Waals surface area contributed by atoms with Crippen LogP contribution in [0.15, 0.2) is 16.0 Å². The van der Waals surface area contributed by atoms with Gasteiger partial charge in [0.25, 0.3) is 0 Å². The summed E-state index contributed by atoms with van der Waals surface area (Å²) in [7, 11) is 0. The molecule has 1 aliphatic rings. The van der Waals surface area contributed by atoms with Crippen molar-refractivity contribution in [3.63, 3.8) is 0 Å². The van der Waals surface area contributed by atoms with Crippen molar-refractivity contribution in [2.45, 2.75) is 39.7 Å². The number of nitrogens with one attached hydrogen (secondary N) is 2. The van der Waals surface area contributed by atoms with Crippen molar-refractivity contribution in [1.82, 2.24) is 15.5 Å². The van der Waals surface area contributed by atoms with Crippen molar-refractivity contribution < 1.29 is 9.21 Å². The summed E-state index contributed by atoms with van der Waals surface area (Å²) in [5.41, 5.74) is 2.76. The number of aromatic nitrogens is 2. The van der Waals surface area contributed by atoms with Gasteiger partial charge >= 0.3 is 6.03 Å². The molecule has 1 atom stereocenters. The topological polar surface area (TPSA) is 80.0 Å². The fourth-order valence-corrected chi connectivity index (χ4v) is 3.27. The van der Waals surface area contributed by atoms with Crippen LogP contribution in [0, 0.1) is 12.3 Å². The minimum Gasteiger partial charge on any atom is -0.466 e. The lowest BCUT2D eigenvalue weighted by molar-refractivity contribution is 0.222. The van der Waals surface area contributed by atoms with E-state index in [4.69, 9.17) is 4.42 Å². The van der Waals surface area contributed by atoms with E-state index in [1.807, 2.05) is 13.0 Å². The van der Waals surface area contributed by atoms with E-state index in [2.05, 4.69) is 34.7 Å². The van der Waals surface area contributed by atoms with E-state index in [0.29, 0.717) is 5.13 Å². The molecule has 2 amide bonds. The van der Waals surface area contributed by atoms with Gasteiger partial charge in [-0.3, -0.25) is 5.32 Å². The van der Waals surface area contributed by atoms with E-state index >= 15 is 0 Å². The third kappa shape index (κ3) is 3.07. The van der Waals surface area contributed by atoms with Crippen molar-refractivity contribution in [1.29, 1.82) is 0 Å². The predicted molar refractivity (Wildman–Crippen MR) is 80.4 cm³/mol. The standard InChI is InChI=1S/C14H18N4O2S/c1-8-4-9-10(5-14(2,3)6-11(9)20-8)16-12(19)17-13-18-15-7-21-13/h4,7,10H,5-6H2,1-3H3,(H2,16,17,18,19)/t10-/m0/s1. The molecule has 0 aliphatic heterocycles. The van der Waals surface area contributed by atoms with Gasteiger partial charge in [-0.15, -0.1) is 10.2 Å². The molecule has 7 heteroatoms. The van der Waals surface area contributed by atoms with Gasteiger partial charge in [-0.1, -0.05) is 25.2 Å². The summed E-state index contributed by atoms with van der Waals surface area (Å²) in [6, 6.07) is 1.70. The molecule has 2 N–H and O–H groups in total. The first-order valence-electron chi connectivity index (χ1n) is 6.86. The Hall–Kier alpha value is -1.89. The quantitative estimate of drug-likeness (QED) is 0.892. The minimum atomic E-state index is -0.265. The Balaban J connectivity index is 1.76. The SMILES string of the molecule is Cc1cc2c(o1)CC(C)(C)C[C@@H]2NC(=O)Nc1nncs1. The lowest BCUT2D eigenvalue weighted by atomic mass is 9.75. The van der Waals surface area contributed by atoms with E-state index in [1.54, 1.807) is 5.51 Å². The molecule has 0 aromatic carbocycles. The number of hydrogen-bond donors (Lipinski definition) is 2. The number of carbonyl (C=O) groups excluding carboxylic acids is 1. The Bertz CT molecular complexity index is 648. The molecule has 2 aromatic heterocycles. The molecule has 0 spiro atoms. The van der Waals surface area contributed by atoms with Gasteiger partial charge in [-0.2, -0.15) is 0 Å². The van der Waals surface area contributed by atoms with E-state index in [-0.39, 0.29) is 17.5 Å². The van der Waals surface area contributed by atoms with E-state index in [9.17, 15) is 4.79 Å². The second-order valence-electron chi connectivity index (χ2n) is 6.18. The highest BCUT2D eigenvalue weighted by molar-refractivity contribution is 7.13. The molecule has 3 rings (SSSR count). The maximum absolute atomic E-state index is 12.1. The summed E-state index contributed by atoms with van der Waals surface area (Å²) in [4.78, 5) is 12.1. The number of amides is 2. The molecule has 0 radical (unpaired) electrons. The molecule has 2 heterocycles. The number of urea groups is 1. The first-order chi connectivity index (χ1) is 9.93. The van der Waals surface area contributed by atoms with Crippen LogP contribution in [0.4, 0.5) is 9.93 Å². The Kier molecular flexibility index (Phi) is 3.44. The van der Waals surface area contributed by atoms with Crippen LogP contribution in [-0.4, -0.2) is 16.2 Å². The van der Waals surface area contributed by atoms with Crippen LogP contribution in [0.2, 0.25) is 0 Å². The van der Waals surface area contributed by atoms with Gasteiger partial charge in [-0.05, 0) is 24.8 Å². The highest BCUT2D eigenvalue weighted by atomic mass is 32.1. The molecule has 21 heavy (non-hydrogen) atoms. The number of aryl methyl sites for hydroxylation is 1. The minimum absolute atomic E-state index is 0.0471. The predicted octanol–water partition coefficient (Wildman–Crippen LogP) is 3.27. The van der Waals surface area contributed by atoms with E-state index in [1.165, 1.54) is 11.3 Å². The number of carbonyl (C=O) groups is 1. The van der Waals surface area contributed by atoms with Crippen molar-refractivity contribution in [2.75, 3.05) is 5.32 Å². The lowest BCUT2D eigenvalue weighted by Crippen LogP contribution is -2.38.